The van der Waals surface area contributed by atoms with E-state index in [0.29, 0.717) is 6.04 Å². The number of nitrogens with one attached hydrogen (secondary N) is 1. The van der Waals surface area contributed by atoms with Crippen LogP contribution in [0.15, 0.2) is 53.5 Å². The van der Waals surface area contributed by atoms with Gasteiger partial charge in [-0.2, -0.15) is 0 Å². The van der Waals surface area contributed by atoms with Crippen molar-refractivity contribution in [2.24, 2.45) is 0 Å². The molecule has 4 heteroatoms. The third kappa shape index (κ3) is 1.44. The first-order valence-electron chi connectivity index (χ1n) is 5.88. The Morgan fingerprint density at radius 2 is 2.22 bits per heavy atom. The van der Waals surface area contributed by atoms with E-state index in [9.17, 15) is 0 Å². The van der Waals surface area contributed by atoms with Crippen LogP contribution in [0.25, 0.3) is 0 Å². The molecule has 2 unspecified atom stereocenters. The molecule has 18 heavy (non-hydrogen) atoms. The quantitative estimate of drug-likeness (QED) is 0.770. The van der Waals surface area contributed by atoms with Crippen molar-refractivity contribution in [3.05, 3.63) is 58.5 Å². The number of anilines is 2. The van der Waals surface area contributed by atoms with E-state index in [4.69, 9.17) is 11.6 Å². The van der Waals surface area contributed by atoms with Gasteiger partial charge in [-0.1, -0.05) is 47.7 Å². The highest BCUT2D eigenvalue weighted by atomic mass is 35.5. The summed E-state index contributed by atoms with van der Waals surface area (Å²) >= 11 is 7.86. The molecule has 1 aliphatic carbocycles. The van der Waals surface area contributed by atoms with Crippen LogP contribution in [0.2, 0.25) is 5.02 Å². The molecule has 0 fully saturated rings. The van der Waals surface area contributed by atoms with E-state index in [2.05, 4.69) is 46.0 Å². The molecule has 0 saturated carbocycles. The van der Waals surface area contributed by atoms with E-state index in [1.54, 1.807) is 11.8 Å². The highest BCUT2D eigenvalue weighted by molar-refractivity contribution is 8.03. The fourth-order valence-corrected chi connectivity index (χ4v) is 3.87. The first-order chi connectivity index (χ1) is 8.83. The van der Waals surface area contributed by atoms with Crippen molar-refractivity contribution in [1.82, 2.24) is 0 Å². The number of benzene rings is 1. The first kappa shape index (κ1) is 10.6. The fourth-order valence-electron chi connectivity index (χ4n) is 2.62. The maximum absolute atomic E-state index is 6.05. The molecule has 1 N–H and O–H groups in total. The van der Waals surface area contributed by atoms with E-state index in [0.717, 1.165) is 10.7 Å². The average molecular weight is 275 g/mol. The van der Waals surface area contributed by atoms with Gasteiger partial charge in [0.1, 0.15) is 0 Å². The number of halogens is 1. The number of hydrogen-bond acceptors (Lipinski definition) is 3. The summed E-state index contributed by atoms with van der Waals surface area (Å²) in [5, 5.41) is 6.53. The zero-order valence-corrected chi connectivity index (χ0v) is 11.1. The van der Waals surface area contributed by atoms with Gasteiger partial charge in [0.15, 0.2) is 5.50 Å². The van der Waals surface area contributed by atoms with Crippen LogP contribution >= 0.6 is 23.4 Å². The number of rotatable bonds is 0. The first-order valence-corrected chi connectivity index (χ1v) is 7.20. The van der Waals surface area contributed by atoms with Gasteiger partial charge in [-0.05, 0) is 29.2 Å². The van der Waals surface area contributed by atoms with E-state index in [1.807, 2.05) is 12.1 Å². The molecule has 4 rings (SSSR count). The Kier molecular flexibility index (Phi) is 2.26. The van der Waals surface area contributed by atoms with Crippen molar-refractivity contribution in [1.29, 1.82) is 0 Å². The lowest BCUT2D eigenvalue weighted by molar-refractivity contribution is 0.782. The van der Waals surface area contributed by atoms with E-state index in [1.165, 1.54) is 11.3 Å². The fraction of sp³-hybridized carbons (Fsp3) is 0.143. The second-order valence-electron chi connectivity index (χ2n) is 4.51. The highest BCUT2D eigenvalue weighted by Crippen LogP contribution is 2.46. The zero-order valence-electron chi connectivity index (χ0n) is 9.51. The van der Waals surface area contributed by atoms with Crippen LogP contribution < -0.4 is 10.2 Å². The summed E-state index contributed by atoms with van der Waals surface area (Å²) in [5.41, 5.74) is 3.97. The van der Waals surface area contributed by atoms with Crippen LogP contribution in [-0.4, -0.2) is 11.5 Å². The van der Waals surface area contributed by atoms with E-state index in [-0.39, 0.29) is 5.50 Å². The van der Waals surface area contributed by atoms with Gasteiger partial charge in [0.05, 0.1) is 17.4 Å². The van der Waals surface area contributed by atoms with Crippen molar-refractivity contribution >= 4 is 34.7 Å². The largest absolute Gasteiger partial charge is 0.355 e. The lowest BCUT2D eigenvalue weighted by Crippen LogP contribution is -2.43. The SMILES string of the molecule is Clc1ccc2c(c1)NC1SC=C3C=CC=CC3N21. The van der Waals surface area contributed by atoms with Gasteiger partial charge in [-0.3, -0.25) is 0 Å². The van der Waals surface area contributed by atoms with Crippen molar-refractivity contribution in [3.8, 4) is 0 Å². The molecule has 2 nitrogen and oxygen atoms in total. The summed E-state index contributed by atoms with van der Waals surface area (Å²) in [6, 6.07) is 6.38. The second-order valence-corrected chi connectivity index (χ2v) is 5.90. The predicted molar refractivity (Wildman–Crippen MR) is 79.1 cm³/mol. The lowest BCUT2D eigenvalue weighted by Gasteiger charge is -2.37. The maximum atomic E-state index is 6.05. The van der Waals surface area contributed by atoms with Crippen molar-refractivity contribution in [2.75, 3.05) is 10.2 Å². The molecule has 2 heterocycles. The maximum Gasteiger partial charge on any atom is 0.153 e. The van der Waals surface area contributed by atoms with Crippen molar-refractivity contribution in [3.63, 3.8) is 0 Å². The molecule has 0 radical (unpaired) electrons. The Balaban J connectivity index is 1.82. The number of thioether (sulfide) groups is 1. The number of allylic oxidation sites excluding steroid dienone is 2. The molecule has 0 bridgehead atoms. The number of fused-ring (bicyclic) bond motifs is 5. The van der Waals surface area contributed by atoms with E-state index >= 15 is 0 Å². The third-order valence-electron chi connectivity index (χ3n) is 3.44. The summed E-state index contributed by atoms with van der Waals surface area (Å²) in [4.78, 5) is 2.41. The van der Waals surface area contributed by atoms with Gasteiger partial charge >= 0.3 is 0 Å². The summed E-state index contributed by atoms with van der Waals surface area (Å²) in [6.45, 7) is 0. The third-order valence-corrected chi connectivity index (χ3v) is 4.68. The Hall–Kier alpha value is -1.32. The topological polar surface area (TPSA) is 15.3 Å². The standard InChI is InChI=1S/C14H11ClN2S/c15-10-5-6-13-11(7-10)16-14-17(13)12-4-2-1-3-9(12)8-18-14/h1-8,12,14,16H. The molecule has 2 atom stereocenters. The van der Waals surface area contributed by atoms with Gasteiger partial charge in [-0.25, -0.2) is 0 Å². The Bertz CT molecular complexity index is 606. The summed E-state index contributed by atoms with van der Waals surface area (Å²) < 4.78 is 0. The van der Waals surface area contributed by atoms with Gasteiger partial charge < -0.3 is 10.2 Å². The molecule has 3 aliphatic rings. The molecular weight excluding hydrogens is 264 g/mol. The van der Waals surface area contributed by atoms with Crippen LogP contribution in [0, 0.1) is 0 Å². The number of hydrogen-bond donors (Lipinski definition) is 1. The normalized spacial score (nSPS) is 27.2. The molecule has 90 valence electrons. The molecule has 0 spiro atoms. The lowest BCUT2D eigenvalue weighted by atomic mass is 10.0. The van der Waals surface area contributed by atoms with Gasteiger partial charge in [-0.15, -0.1) is 0 Å². The van der Waals surface area contributed by atoms with Crippen molar-refractivity contribution in [2.45, 2.75) is 11.5 Å². The van der Waals surface area contributed by atoms with Gasteiger partial charge in [0.2, 0.25) is 0 Å². The predicted octanol–water partition coefficient (Wildman–Crippen LogP) is 3.98. The monoisotopic (exact) mass is 274 g/mol. The molecular formula is C14H11ClN2S. The average Bonchev–Trinajstić information content (AvgIpc) is 2.76. The molecule has 2 aliphatic heterocycles. The van der Waals surface area contributed by atoms with E-state index < -0.39 is 0 Å². The molecule has 1 aromatic rings. The van der Waals surface area contributed by atoms with Gasteiger partial charge in [0, 0.05) is 5.02 Å². The summed E-state index contributed by atoms with van der Waals surface area (Å²) in [5.74, 6) is 0. The summed E-state index contributed by atoms with van der Waals surface area (Å²) in [6.07, 6.45) is 8.63. The van der Waals surface area contributed by atoms with Crippen LogP contribution in [0.4, 0.5) is 11.4 Å². The second kappa shape index (κ2) is 3.84. The Morgan fingerprint density at radius 3 is 3.17 bits per heavy atom. The summed E-state index contributed by atoms with van der Waals surface area (Å²) in [7, 11) is 0. The number of nitrogens with zero attached hydrogens (tertiary/aromatic N) is 1. The van der Waals surface area contributed by atoms with Crippen LogP contribution in [0.1, 0.15) is 0 Å². The molecule has 0 saturated heterocycles. The smallest absolute Gasteiger partial charge is 0.153 e. The Morgan fingerprint density at radius 1 is 1.28 bits per heavy atom. The van der Waals surface area contributed by atoms with Crippen LogP contribution in [-0.2, 0) is 0 Å². The van der Waals surface area contributed by atoms with Crippen LogP contribution in [0.5, 0.6) is 0 Å². The van der Waals surface area contributed by atoms with Crippen LogP contribution in [0.3, 0.4) is 0 Å². The molecule has 1 aromatic carbocycles. The minimum absolute atomic E-state index is 0.267. The minimum Gasteiger partial charge on any atom is -0.355 e. The van der Waals surface area contributed by atoms with Crippen molar-refractivity contribution < 1.29 is 0 Å². The molecule has 0 amide bonds. The zero-order chi connectivity index (χ0) is 12.1. The minimum atomic E-state index is 0.267. The van der Waals surface area contributed by atoms with Gasteiger partial charge in [0.25, 0.3) is 0 Å². The Labute approximate surface area is 115 Å². The molecule has 0 aromatic heterocycles. The highest BCUT2D eigenvalue weighted by Gasteiger charge is 2.37.